The molecule has 0 saturated carbocycles. The van der Waals surface area contributed by atoms with Gasteiger partial charge in [0.2, 0.25) is 0 Å². The first-order valence-corrected chi connectivity index (χ1v) is 7.54. The summed E-state index contributed by atoms with van der Waals surface area (Å²) in [6.07, 6.45) is 10.5. The number of hydrogen-bond acceptors (Lipinski definition) is 3. The van der Waals surface area contributed by atoms with Crippen LogP contribution < -0.4 is 10.9 Å². The summed E-state index contributed by atoms with van der Waals surface area (Å²) in [5, 5.41) is 3.21. The standard InChI is InChI=1S/C15H27N3O/c1-3-4-5-6-7-8-9-10-11-16-14-12-15(19)18-13(2)17-14/h12H,3-11H2,1-2H3,(H2,16,17,18,19). The van der Waals surface area contributed by atoms with Crippen LogP contribution >= 0.6 is 0 Å². The van der Waals surface area contributed by atoms with Gasteiger partial charge in [-0.3, -0.25) is 4.79 Å². The molecule has 1 rings (SSSR count). The molecular formula is C15H27N3O. The minimum atomic E-state index is -0.0917. The number of rotatable bonds is 10. The smallest absolute Gasteiger partial charge is 0.252 e. The SMILES string of the molecule is CCCCCCCCCCNc1cc(=O)[nH]c(C)n1. The molecule has 0 aromatic carbocycles. The number of aromatic amines is 1. The Morgan fingerprint density at radius 1 is 1.11 bits per heavy atom. The number of anilines is 1. The fourth-order valence-electron chi connectivity index (χ4n) is 2.15. The van der Waals surface area contributed by atoms with E-state index in [0.29, 0.717) is 11.6 Å². The van der Waals surface area contributed by atoms with E-state index in [1.54, 1.807) is 6.92 Å². The molecular weight excluding hydrogens is 238 g/mol. The molecule has 0 atom stereocenters. The average molecular weight is 265 g/mol. The van der Waals surface area contributed by atoms with Crippen LogP contribution in [0.5, 0.6) is 0 Å². The molecule has 1 aromatic heterocycles. The van der Waals surface area contributed by atoms with Gasteiger partial charge in [0.1, 0.15) is 11.6 Å². The Kier molecular flexibility index (Phi) is 7.94. The highest BCUT2D eigenvalue weighted by Gasteiger charge is 1.97. The molecule has 0 radical (unpaired) electrons. The quantitative estimate of drug-likeness (QED) is 0.635. The molecule has 0 amide bonds. The average Bonchev–Trinajstić information content (AvgIpc) is 2.36. The van der Waals surface area contributed by atoms with Crippen molar-refractivity contribution in [2.24, 2.45) is 0 Å². The van der Waals surface area contributed by atoms with Crippen molar-refractivity contribution in [2.75, 3.05) is 11.9 Å². The van der Waals surface area contributed by atoms with Crippen LogP contribution in [0.4, 0.5) is 5.82 Å². The largest absolute Gasteiger partial charge is 0.370 e. The van der Waals surface area contributed by atoms with Crippen LogP contribution in [0.1, 0.15) is 64.1 Å². The molecule has 4 heteroatoms. The molecule has 0 aliphatic heterocycles. The van der Waals surface area contributed by atoms with E-state index < -0.39 is 0 Å². The molecule has 0 aliphatic rings. The van der Waals surface area contributed by atoms with Crippen LogP contribution in [-0.4, -0.2) is 16.5 Å². The molecule has 0 spiro atoms. The minimum Gasteiger partial charge on any atom is -0.370 e. The second-order valence-electron chi connectivity index (χ2n) is 5.12. The molecule has 4 nitrogen and oxygen atoms in total. The van der Waals surface area contributed by atoms with E-state index in [0.717, 1.165) is 13.0 Å². The summed E-state index contributed by atoms with van der Waals surface area (Å²) >= 11 is 0. The third-order valence-electron chi connectivity index (χ3n) is 3.20. The predicted octanol–water partition coefficient (Wildman–Crippen LogP) is 3.63. The second-order valence-corrected chi connectivity index (χ2v) is 5.12. The molecule has 0 aliphatic carbocycles. The Labute approximate surface area is 116 Å². The molecule has 2 N–H and O–H groups in total. The van der Waals surface area contributed by atoms with Gasteiger partial charge in [-0.05, 0) is 13.3 Å². The first-order chi connectivity index (χ1) is 9.22. The molecule has 1 aromatic rings. The molecule has 0 unspecified atom stereocenters. The van der Waals surface area contributed by atoms with Gasteiger partial charge in [-0.1, -0.05) is 51.9 Å². The van der Waals surface area contributed by atoms with Crippen molar-refractivity contribution in [1.29, 1.82) is 0 Å². The van der Waals surface area contributed by atoms with Crippen LogP contribution in [0.2, 0.25) is 0 Å². The lowest BCUT2D eigenvalue weighted by Gasteiger charge is -2.05. The minimum absolute atomic E-state index is 0.0917. The van der Waals surface area contributed by atoms with Crippen LogP contribution in [0.3, 0.4) is 0 Å². The zero-order valence-electron chi connectivity index (χ0n) is 12.3. The van der Waals surface area contributed by atoms with Gasteiger partial charge >= 0.3 is 0 Å². The van der Waals surface area contributed by atoms with Crippen molar-refractivity contribution >= 4 is 5.82 Å². The number of aromatic nitrogens is 2. The fourth-order valence-corrected chi connectivity index (χ4v) is 2.15. The maximum absolute atomic E-state index is 11.2. The van der Waals surface area contributed by atoms with E-state index in [2.05, 4.69) is 22.2 Å². The van der Waals surface area contributed by atoms with Crippen LogP contribution in [0.15, 0.2) is 10.9 Å². The van der Waals surface area contributed by atoms with Crippen molar-refractivity contribution in [3.63, 3.8) is 0 Å². The Bertz CT molecular complexity index is 401. The lowest BCUT2D eigenvalue weighted by Crippen LogP contribution is -2.12. The summed E-state index contributed by atoms with van der Waals surface area (Å²) in [5.74, 6) is 1.34. The number of nitrogens with one attached hydrogen (secondary N) is 2. The van der Waals surface area contributed by atoms with Gasteiger partial charge in [0.05, 0.1) is 0 Å². The van der Waals surface area contributed by atoms with Crippen molar-refractivity contribution < 1.29 is 0 Å². The molecule has 0 fully saturated rings. The monoisotopic (exact) mass is 265 g/mol. The Balaban J connectivity index is 2.03. The van der Waals surface area contributed by atoms with Crippen LogP contribution in [0.25, 0.3) is 0 Å². The second kappa shape index (κ2) is 9.59. The highest BCUT2D eigenvalue weighted by molar-refractivity contribution is 5.32. The maximum atomic E-state index is 11.2. The van der Waals surface area contributed by atoms with Crippen LogP contribution in [0, 0.1) is 6.92 Å². The highest BCUT2D eigenvalue weighted by Crippen LogP contribution is 2.08. The van der Waals surface area contributed by atoms with E-state index in [1.165, 1.54) is 51.0 Å². The van der Waals surface area contributed by atoms with E-state index >= 15 is 0 Å². The number of aryl methyl sites for hydroxylation is 1. The van der Waals surface area contributed by atoms with Gasteiger partial charge in [-0.25, -0.2) is 4.98 Å². The summed E-state index contributed by atoms with van der Waals surface area (Å²) < 4.78 is 0. The fraction of sp³-hybridized carbons (Fsp3) is 0.733. The van der Waals surface area contributed by atoms with Crippen LogP contribution in [-0.2, 0) is 0 Å². The molecule has 0 saturated heterocycles. The normalized spacial score (nSPS) is 10.6. The summed E-state index contributed by atoms with van der Waals surface area (Å²) in [5.41, 5.74) is -0.0917. The van der Waals surface area contributed by atoms with E-state index in [-0.39, 0.29) is 5.56 Å². The van der Waals surface area contributed by atoms with Gasteiger partial charge in [-0.2, -0.15) is 0 Å². The lowest BCUT2D eigenvalue weighted by atomic mass is 10.1. The summed E-state index contributed by atoms with van der Waals surface area (Å²) in [6.45, 7) is 4.93. The Morgan fingerprint density at radius 2 is 1.74 bits per heavy atom. The maximum Gasteiger partial charge on any atom is 0.252 e. The predicted molar refractivity (Wildman–Crippen MR) is 80.7 cm³/mol. The number of H-pyrrole nitrogens is 1. The lowest BCUT2D eigenvalue weighted by molar-refractivity contribution is 0.581. The van der Waals surface area contributed by atoms with Gasteiger partial charge < -0.3 is 10.3 Å². The number of nitrogens with zero attached hydrogens (tertiary/aromatic N) is 1. The molecule has 1 heterocycles. The first-order valence-electron chi connectivity index (χ1n) is 7.54. The molecule has 108 valence electrons. The van der Waals surface area contributed by atoms with Crippen molar-refractivity contribution in [1.82, 2.24) is 9.97 Å². The topological polar surface area (TPSA) is 57.8 Å². The zero-order chi connectivity index (χ0) is 13.9. The van der Waals surface area contributed by atoms with Crippen molar-refractivity contribution in [2.45, 2.75) is 65.2 Å². The Hall–Kier alpha value is -1.32. The van der Waals surface area contributed by atoms with E-state index in [1.807, 2.05) is 0 Å². The third kappa shape index (κ3) is 7.65. The van der Waals surface area contributed by atoms with Gasteiger partial charge in [0.25, 0.3) is 5.56 Å². The van der Waals surface area contributed by atoms with Gasteiger partial charge in [-0.15, -0.1) is 0 Å². The summed E-state index contributed by atoms with van der Waals surface area (Å²) in [6, 6.07) is 1.51. The number of unbranched alkanes of at least 4 members (excludes halogenated alkanes) is 7. The van der Waals surface area contributed by atoms with Crippen molar-refractivity contribution in [3.05, 3.63) is 22.2 Å². The summed E-state index contributed by atoms with van der Waals surface area (Å²) in [4.78, 5) is 18.1. The zero-order valence-corrected chi connectivity index (χ0v) is 12.3. The van der Waals surface area contributed by atoms with Gasteiger partial charge in [0, 0.05) is 12.6 Å². The van der Waals surface area contributed by atoms with E-state index in [9.17, 15) is 4.79 Å². The third-order valence-corrected chi connectivity index (χ3v) is 3.20. The Morgan fingerprint density at radius 3 is 2.37 bits per heavy atom. The van der Waals surface area contributed by atoms with Crippen molar-refractivity contribution in [3.8, 4) is 0 Å². The number of hydrogen-bond donors (Lipinski definition) is 2. The molecule has 0 bridgehead atoms. The summed E-state index contributed by atoms with van der Waals surface area (Å²) in [7, 11) is 0. The highest BCUT2D eigenvalue weighted by atomic mass is 16.1. The van der Waals surface area contributed by atoms with E-state index in [4.69, 9.17) is 0 Å². The first kappa shape index (κ1) is 15.7. The molecule has 19 heavy (non-hydrogen) atoms. The van der Waals surface area contributed by atoms with Gasteiger partial charge in [0.15, 0.2) is 0 Å².